The third-order valence-corrected chi connectivity index (χ3v) is 7.33. The lowest BCUT2D eigenvalue weighted by Gasteiger charge is -2.43. The van der Waals surface area contributed by atoms with E-state index in [9.17, 15) is 8.78 Å². The number of methoxy groups -OCH3 is 1. The highest BCUT2D eigenvalue weighted by atomic mass is 19.2. The van der Waals surface area contributed by atoms with Crippen LogP contribution in [0.25, 0.3) is 0 Å². The Balaban J connectivity index is 1.56. The molecule has 0 aromatic rings. The number of hydrogen-bond acceptors (Lipinski definition) is 1. The molecule has 3 fully saturated rings. The van der Waals surface area contributed by atoms with Crippen molar-refractivity contribution in [2.75, 3.05) is 7.11 Å². The molecule has 4 unspecified atom stereocenters. The van der Waals surface area contributed by atoms with E-state index in [1.807, 2.05) is 0 Å². The second-order valence-electron chi connectivity index (χ2n) is 8.50. The number of rotatable bonds is 4. The molecule has 0 bridgehead atoms. The molecule has 0 saturated heterocycles. The van der Waals surface area contributed by atoms with Gasteiger partial charge in [0, 0.05) is 7.11 Å². The van der Waals surface area contributed by atoms with Crippen LogP contribution in [0, 0.1) is 29.6 Å². The van der Waals surface area contributed by atoms with Crippen molar-refractivity contribution < 1.29 is 13.5 Å². The van der Waals surface area contributed by atoms with Crippen molar-refractivity contribution >= 4 is 0 Å². The fraction of sp³-hybridized carbons (Fsp3) is 0.905. The van der Waals surface area contributed by atoms with Crippen LogP contribution < -0.4 is 0 Å². The third-order valence-electron chi connectivity index (χ3n) is 7.33. The maximum atomic E-state index is 14.7. The van der Waals surface area contributed by atoms with Crippen molar-refractivity contribution in [3.8, 4) is 0 Å². The van der Waals surface area contributed by atoms with Crippen LogP contribution in [0.3, 0.4) is 0 Å². The number of ether oxygens (including phenoxy) is 1. The van der Waals surface area contributed by atoms with Crippen LogP contribution in [0.15, 0.2) is 12.7 Å². The van der Waals surface area contributed by atoms with Crippen LogP contribution in [0.4, 0.5) is 8.78 Å². The van der Waals surface area contributed by atoms with Gasteiger partial charge < -0.3 is 4.74 Å². The number of hydrogen-bond donors (Lipinski definition) is 0. The molecule has 0 radical (unpaired) electrons. The molecule has 0 amide bonds. The first kappa shape index (κ1) is 18.4. The van der Waals surface area contributed by atoms with Gasteiger partial charge in [-0.3, -0.25) is 0 Å². The third kappa shape index (κ3) is 3.86. The van der Waals surface area contributed by atoms with Gasteiger partial charge in [-0.2, -0.15) is 0 Å². The summed E-state index contributed by atoms with van der Waals surface area (Å²) >= 11 is 0. The molecule has 3 heteroatoms. The first-order valence-electron chi connectivity index (χ1n) is 10.1. The van der Waals surface area contributed by atoms with Gasteiger partial charge in [0.05, 0.1) is 6.10 Å². The van der Waals surface area contributed by atoms with Gasteiger partial charge >= 0.3 is 0 Å². The van der Waals surface area contributed by atoms with Gasteiger partial charge in [0.2, 0.25) is 0 Å². The van der Waals surface area contributed by atoms with E-state index >= 15 is 0 Å². The van der Waals surface area contributed by atoms with Crippen LogP contribution >= 0.6 is 0 Å². The molecule has 3 aliphatic carbocycles. The molecule has 3 saturated carbocycles. The minimum absolute atomic E-state index is 0.0845. The fourth-order valence-corrected chi connectivity index (χ4v) is 5.80. The van der Waals surface area contributed by atoms with Gasteiger partial charge in [0.1, 0.15) is 6.17 Å². The van der Waals surface area contributed by atoms with E-state index in [4.69, 9.17) is 4.74 Å². The van der Waals surface area contributed by atoms with E-state index in [0.29, 0.717) is 18.3 Å². The maximum absolute atomic E-state index is 14.7. The molecule has 3 rings (SSSR count). The Morgan fingerprint density at radius 1 is 0.833 bits per heavy atom. The number of halogens is 2. The minimum atomic E-state index is -1.43. The molecule has 24 heavy (non-hydrogen) atoms. The lowest BCUT2D eigenvalue weighted by atomic mass is 9.64. The van der Waals surface area contributed by atoms with Gasteiger partial charge in [-0.25, -0.2) is 8.78 Å². The molecule has 1 nitrogen and oxygen atoms in total. The Bertz CT molecular complexity index is 405. The Kier molecular flexibility index (Phi) is 6.34. The Morgan fingerprint density at radius 3 is 2.21 bits per heavy atom. The largest absolute Gasteiger partial charge is 0.378 e. The van der Waals surface area contributed by atoms with Gasteiger partial charge in [0.15, 0.2) is 6.17 Å². The molecule has 6 atom stereocenters. The quantitative estimate of drug-likeness (QED) is 0.580. The first-order chi connectivity index (χ1) is 11.6. The van der Waals surface area contributed by atoms with Crippen molar-refractivity contribution in [1.82, 2.24) is 0 Å². The van der Waals surface area contributed by atoms with Gasteiger partial charge in [-0.05, 0) is 74.5 Å². The number of allylic oxidation sites excluding steroid dienone is 1. The van der Waals surface area contributed by atoms with Crippen LogP contribution in [0.1, 0.15) is 64.2 Å². The van der Waals surface area contributed by atoms with Gasteiger partial charge in [0.25, 0.3) is 0 Å². The summed E-state index contributed by atoms with van der Waals surface area (Å²) in [5.74, 6) is 2.54. The molecule has 0 aromatic heterocycles. The molecule has 0 aliphatic heterocycles. The average molecular weight is 340 g/mol. The topological polar surface area (TPSA) is 9.23 Å². The van der Waals surface area contributed by atoms with Crippen molar-refractivity contribution in [2.24, 2.45) is 29.6 Å². The second kappa shape index (κ2) is 8.29. The number of alkyl halides is 2. The van der Waals surface area contributed by atoms with Crippen molar-refractivity contribution in [2.45, 2.75) is 82.7 Å². The normalized spacial score (nSPS) is 47.3. The van der Waals surface area contributed by atoms with Crippen LogP contribution in [0.5, 0.6) is 0 Å². The first-order valence-corrected chi connectivity index (χ1v) is 10.1. The fourth-order valence-electron chi connectivity index (χ4n) is 5.80. The smallest absolute Gasteiger partial charge is 0.157 e. The zero-order chi connectivity index (χ0) is 17.1. The molecular formula is C21H34F2O. The van der Waals surface area contributed by atoms with E-state index in [0.717, 1.165) is 31.1 Å². The Labute approximate surface area is 146 Å². The van der Waals surface area contributed by atoms with E-state index in [2.05, 4.69) is 12.7 Å². The summed E-state index contributed by atoms with van der Waals surface area (Å²) in [6.07, 6.45) is 10.1. The van der Waals surface area contributed by atoms with Gasteiger partial charge in [-0.1, -0.05) is 25.3 Å². The molecule has 3 aliphatic rings. The zero-order valence-electron chi connectivity index (χ0n) is 15.1. The average Bonchev–Trinajstić information content (AvgIpc) is 2.64. The van der Waals surface area contributed by atoms with E-state index in [-0.39, 0.29) is 5.92 Å². The van der Waals surface area contributed by atoms with E-state index in [1.54, 1.807) is 0 Å². The standard InChI is InChI=1S/C21H34F2O/c1-3-14-7-9-15(10-8-14)16-5-4-6-17(13-16)18-11-12-19(24-2)21(23)20(18)22/h3,14-21H,1,4-13H2,2H3/t14?,15?,16-,17+,18?,19?,20?,21?/m1/s1. The monoisotopic (exact) mass is 340 g/mol. The van der Waals surface area contributed by atoms with Crippen LogP contribution in [0.2, 0.25) is 0 Å². The molecule has 0 spiro atoms. The minimum Gasteiger partial charge on any atom is -0.378 e. The lowest BCUT2D eigenvalue weighted by Crippen LogP contribution is -2.45. The molecule has 0 aromatic carbocycles. The van der Waals surface area contributed by atoms with Crippen molar-refractivity contribution in [1.29, 1.82) is 0 Å². The summed E-state index contributed by atoms with van der Waals surface area (Å²) in [5, 5.41) is 0. The predicted octanol–water partition coefficient (Wildman–Crippen LogP) is 5.89. The van der Waals surface area contributed by atoms with E-state index < -0.39 is 18.4 Å². The van der Waals surface area contributed by atoms with Gasteiger partial charge in [-0.15, -0.1) is 6.58 Å². The predicted molar refractivity (Wildman–Crippen MR) is 94.4 cm³/mol. The summed E-state index contributed by atoms with van der Waals surface area (Å²) in [5.41, 5.74) is 0. The maximum Gasteiger partial charge on any atom is 0.157 e. The summed E-state index contributed by atoms with van der Waals surface area (Å²) < 4.78 is 34.1. The highest BCUT2D eigenvalue weighted by Crippen LogP contribution is 2.47. The molecule has 138 valence electrons. The lowest BCUT2D eigenvalue weighted by molar-refractivity contribution is -0.0744. The van der Waals surface area contributed by atoms with Crippen molar-refractivity contribution in [3.63, 3.8) is 0 Å². The highest BCUT2D eigenvalue weighted by Gasteiger charge is 2.45. The Morgan fingerprint density at radius 2 is 1.54 bits per heavy atom. The van der Waals surface area contributed by atoms with E-state index in [1.165, 1.54) is 45.6 Å². The summed E-state index contributed by atoms with van der Waals surface area (Å²) in [4.78, 5) is 0. The molecule has 0 N–H and O–H groups in total. The van der Waals surface area contributed by atoms with Crippen molar-refractivity contribution in [3.05, 3.63) is 12.7 Å². The summed E-state index contributed by atoms with van der Waals surface area (Å²) in [6.45, 7) is 3.94. The summed E-state index contributed by atoms with van der Waals surface area (Å²) in [6, 6.07) is 0. The van der Waals surface area contributed by atoms with Crippen LogP contribution in [-0.4, -0.2) is 25.6 Å². The second-order valence-corrected chi connectivity index (χ2v) is 8.50. The molecule has 0 heterocycles. The van der Waals surface area contributed by atoms with Crippen LogP contribution in [-0.2, 0) is 4.74 Å². The Hall–Kier alpha value is -0.440. The zero-order valence-corrected chi connectivity index (χ0v) is 15.1. The molecular weight excluding hydrogens is 306 g/mol. The SMILES string of the molecule is C=CC1CCC([C@@H]2CCC[C@H](C3CCC(OC)C(F)C3F)C2)CC1. The summed E-state index contributed by atoms with van der Waals surface area (Å²) in [7, 11) is 1.50. The highest BCUT2D eigenvalue weighted by molar-refractivity contribution is 4.94.